The molecule has 13 heavy (non-hydrogen) atoms. The maximum absolute atomic E-state index is 5.34. The second kappa shape index (κ2) is 4.97. The van der Waals surface area contributed by atoms with Crippen molar-refractivity contribution in [3.05, 3.63) is 16.1 Å². The Morgan fingerprint density at radius 2 is 2.62 bits per heavy atom. The number of nitrogens with zero attached hydrogens (tertiary/aromatic N) is 1. The van der Waals surface area contributed by atoms with Gasteiger partial charge in [0.25, 0.3) is 0 Å². The molecule has 0 spiro atoms. The molecular weight excluding hydrogens is 182 g/mol. The normalized spacial score (nSPS) is 12.4. The molecule has 0 amide bonds. The Morgan fingerprint density at radius 1 is 1.85 bits per heavy atom. The Hall–Kier alpha value is -0.890. The molecule has 70 valence electrons. The van der Waals surface area contributed by atoms with E-state index in [1.54, 1.807) is 11.3 Å². The van der Waals surface area contributed by atoms with Gasteiger partial charge >= 0.3 is 0 Å². The van der Waals surface area contributed by atoms with Crippen LogP contribution >= 0.6 is 11.3 Å². The molecule has 1 atom stereocenters. The smallest absolute Gasteiger partial charge is 0.0897 e. The molecule has 1 rings (SSSR count). The molecule has 3 N–H and O–H groups in total. The van der Waals surface area contributed by atoms with Crippen LogP contribution in [0.15, 0.2) is 5.38 Å². The minimum Gasteiger partial charge on any atom is -0.271 e. The highest BCUT2D eigenvalue weighted by atomic mass is 32.1. The zero-order valence-corrected chi connectivity index (χ0v) is 8.40. The van der Waals surface area contributed by atoms with Gasteiger partial charge in [-0.25, -0.2) is 4.98 Å². The van der Waals surface area contributed by atoms with Crippen LogP contribution in [0.5, 0.6) is 0 Å². The van der Waals surface area contributed by atoms with Gasteiger partial charge in [-0.15, -0.1) is 23.7 Å². The Balaban J connectivity index is 2.52. The molecule has 1 aromatic heterocycles. The maximum atomic E-state index is 5.34. The summed E-state index contributed by atoms with van der Waals surface area (Å²) in [6.07, 6.45) is 6.63. The zero-order valence-electron chi connectivity index (χ0n) is 7.58. The van der Waals surface area contributed by atoms with Gasteiger partial charge in [-0.05, 0) is 6.92 Å². The number of hydrogen-bond acceptors (Lipinski definition) is 4. The number of terminal acetylenes is 1. The van der Waals surface area contributed by atoms with Gasteiger partial charge in [0.05, 0.1) is 10.7 Å². The third kappa shape index (κ3) is 3.15. The molecule has 1 aromatic rings. The molecule has 0 radical (unpaired) electrons. The largest absolute Gasteiger partial charge is 0.271 e. The van der Waals surface area contributed by atoms with Crippen molar-refractivity contribution in [2.75, 3.05) is 0 Å². The Kier molecular flexibility index (Phi) is 3.90. The van der Waals surface area contributed by atoms with Crippen molar-refractivity contribution < 1.29 is 0 Å². The summed E-state index contributed by atoms with van der Waals surface area (Å²) in [5.74, 6) is 7.92. The van der Waals surface area contributed by atoms with E-state index in [-0.39, 0.29) is 6.04 Å². The minimum absolute atomic E-state index is 0.131. The van der Waals surface area contributed by atoms with E-state index in [9.17, 15) is 0 Å². The van der Waals surface area contributed by atoms with Crippen molar-refractivity contribution in [1.29, 1.82) is 0 Å². The topological polar surface area (TPSA) is 50.9 Å². The average molecular weight is 195 g/mol. The number of aryl methyl sites for hydroxylation is 1. The monoisotopic (exact) mass is 195 g/mol. The van der Waals surface area contributed by atoms with E-state index in [1.165, 1.54) is 0 Å². The maximum Gasteiger partial charge on any atom is 0.0897 e. The first-order chi connectivity index (χ1) is 6.26. The van der Waals surface area contributed by atoms with E-state index in [1.807, 2.05) is 12.3 Å². The summed E-state index contributed by atoms with van der Waals surface area (Å²) < 4.78 is 0. The fourth-order valence-electron chi connectivity index (χ4n) is 1.09. The third-order valence-electron chi connectivity index (χ3n) is 1.72. The highest BCUT2D eigenvalue weighted by Crippen LogP contribution is 2.10. The fourth-order valence-corrected chi connectivity index (χ4v) is 1.71. The molecular formula is C9H13N3S. The van der Waals surface area contributed by atoms with Crippen molar-refractivity contribution in [2.24, 2.45) is 5.84 Å². The van der Waals surface area contributed by atoms with Gasteiger partial charge in [-0.1, -0.05) is 0 Å². The first-order valence-corrected chi connectivity index (χ1v) is 4.94. The van der Waals surface area contributed by atoms with E-state index in [4.69, 9.17) is 12.3 Å². The number of hydrazine groups is 1. The van der Waals surface area contributed by atoms with Crippen LogP contribution in [-0.4, -0.2) is 11.0 Å². The lowest BCUT2D eigenvalue weighted by Gasteiger charge is -2.10. The van der Waals surface area contributed by atoms with E-state index in [0.29, 0.717) is 6.42 Å². The number of hydrogen-bond donors (Lipinski definition) is 2. The molecule has 4 heteroatoms. The van der Waals surface area contributed by atoms with Crippen LogP contribution in [0.25, 0.3) is 0 Å². The Morgan fingerprint density at radius 3 is 3.08 bits per heavy atom. The molecule has 0 saturated carbocycles. The Labute approximate surface area is 82.3 Å². The second-order valence-corrected chi connectivity index (χ2v) is 3.90. The predicted molar refractivity (Wildman–Crippen MR) is 55.1 cm³/mol. The number of nitrogens with two attached hydrogens (primary N) is 1. The predicted octanol–water partition coefficient (Wildman–Crippen LogP) is 0.849. The highest BCUT2D eigenvalue weighted by molar-refractivity contribution is 7.09. The molecule has 1 unspecified atom stereocenters. The molecule has 0 saturated heterocycles. The van der Waals surface area contributed by atoms with Crippen molar-refractivity contribution >= 4 is 11.3 Å². The standard InChI is InChI=1S/C9H13N3S/c1-3-4-8(12-10)5-9-6-13-7(2)11-9/h1,6,8,12H,4-5,10H2,2H3. The first-order valence-electron chi connectivity index (χ1n) is 4.07. The van der Waals surface area contributed by atoms with Crippen molar-refractivity contribution in [3.8, 4) is 12.3 Å². The summed E-state index contributed by atoms with van der Waals surface area (Å²) in [6.45, 7) is 1.99. The van der Waals surface area contributed by atoms with Crippen LogP contribution in [0.3, 0.4) is 0 Å². The van der Waals surface area contributed by atoms with Gasteiger partial charge in [0.15, 0.2) is 0 Å². The van der Waals surface area contributed by atoms with Gasteiger partial charge in [-0.2, -0.15) is 0 Å². The number of aromatic nitrogens is 1. The second-order valence-electron chi connectivity index (χ2n) is 2.83. The number of rotatable bonds is 4. The zero-order chi connectivity index (χ0) is 9.68. The summed E-state index contributed by atoms with van der Waals surface area (Å²) in [6, 6.07) is 0.131. The summed E-state index contributed by atoms with van der Waals surface area (Å²) in [4.78, 5) is 4.34. The van der Waals surface area contributed by atoms with Gasteiger partial charge in [0.2, 0.25) is 0 Å². The SMILES string of the molecule is C#CCC(Cc1csc(C)n1)NN. The number of thiazole rings is 1. The van der Waals surface area contributed by atoms with Crippen LogP contribution in [0.4, 0.5) is 0 Å². The lowest BCUT2D eigenvalue weighted by molar-refractivity contribution is 0.532. The summed E-state index contributed by atoms with van der Waals surface area (Å²) in [5.41, 5.74) is 3.74. The van der Waals surface area contributed by atoms with Crippen LogP contribution in [0.2, 0.25) is 0 Å². The van der Waals surface area contributed by atoms with Crippen LogP contribution in [0, 0.1) is 19.3 Å². The van der Waals surface area contributed by atoms with E-state index in [0.717, 1.165) is 17.1 Å². The number of nitrogens with one attached hydrogen (secondary N) is 1. The summed E-state index contributed by atoms with van der Waals surface area (Å²) in [7, 11) is 0. The quantitative estimate of drug-likeness (QED) is 0.425. The summed E-state index contributed by atoms with van der Waals surface area (Å²) in [5, 5.41) is 3.11. The molecule has 0 aliphatic rings. The van der Waals surface area contributed by atoms with Crippen molar-refractivity contribution in [1.82, 2.24) is 10.4 Å². The molecule has 0 aromatic carbocycles. The fraction of sp³-hybridized carbons (Fsp3) is 0.444. The van der Waals surface area contributed by atoms with Gasteiger partial charge < -0.3 is 0 Å². The van der Waals surface area contributed by atoms with E-state index >= 15 is 0 Å². The first kappa shape index (κ1) is 10.2. The molecule has 0 aliphatic heterocycles. The van der Waals surface area contributed by atoms with Crippen molar-refractivity contribution in [2.45, 2.75) is 25.8 Å². The summed E-state index contributed by atoms with van der Waals surface area (Å²) >= 11 is 1.64. The lowest BCUT2D eigenvalue weighted by Crippen LogP contribution is -2.36. The van der Waals surface area contributed by atoms with E-state index < -0.39 is 0 Å². The molecule has 1 heterocycles. The molecule has 3 nitrogen and oxygen atoms in total. The molecule has 0 aliphatic carbocycles. The van der Waals surface area contributed by atoms with Crippen LogP contribution in [-0.2, 0) is 6.42 Å². The lowest BCUT2D eigenvalue weighted by atomic mass is 10.1. The molecule has 0 fully saturated rings. The molecule has 0 bridgehead atoms. The van der Waals surface area contributed by atoms with Gasteiger partial charge in [0, 0.05) is 24.3 Å². The minimum atomic E-state index is 0.131. The average Bonchev–Trinajstić information content (AvgIpc) is 2.50. The van der Waals surface area contributed by atoms with Crippen LogP contribution in [0.1, 0.15) is 17.1 Å². The van der Waals surface area contributed by atoms with Gasteiger partial charge in [0.1, 0.15) is 0 Å². The van der Waals surface area contributed by atoms with E-state index in [2.05, 4.69) is 16.3 Å². The third-order valence-corrected chi connectivity index (χ3v) is 2.54. The Bertz CT molecular complexity index is 300. The van der Waals surface area contributed by atoms with Gasteiger partial charge in [-0.3, -0.25) is 11.3 Å². The highest BCUT2D eigenvalue weighted by Gasteiger charge is 2.07. The van der Waals surface area contributed by atoms with Crippen LogP contribution < -0.4 is 11.3 Å². The van der Waals surface area contributed by atoms with Crippen molar-refractivity contribution in [3.63, 3.8) is 0 Å².